The number of hydrazone groups is 1. The van der Waals surface area contributed by atoms with Crippen LogP contribution in [0.25, 0.3) is 0 Å². The van der Waals surface area contributed by atoms with Gasteiger partial charge in [0.1, 0.15) is 6.34 Å². The van der Waals surface area contributed by atoms with Gasteiger partial charge in [-0.15, -0.1) is 0 Å². The van der Waals surface area contributed by atoms with E-state index in [1.165, 1.54) is 6.34 Å². The van der Waals surface area contributed by atoms with E-state index in [4.69, 9.17) is 0 Å². The molecule has 0 spiro atoms. The van der Waals surface area contributed by atoms with Crippen LogP contribution in [0.15, 0.2) is 5.10 Å². The minimum Gasteiger partial charge on any atom is -0.313 e. The summed E-state index contributed by atoms with van der Waals surface area (Å²) in [7, 11) is 0. The third-order valence-electron chi connectivity index (χ3n) is 1.34. The number of hydrogen-bond acceptors (Lipinski definition) is 3. The molecule has 11 heavy (non-hydrogen) atoms. The largest absolute Gasteiger partial charge is 0.313 e. The van der Waals surface area contributed by atoms with Crippen molar-refractivity contribution < 1.29 is 4.39 Å². The highest BCUT2D eigenvalue weighted by atomic mass is 19.1. The summed E-state index contributed by atoms with van der Waals surface area (Å²) in [6.45, 7) is 6.86. The molecule has 0 amide bonds. The fourth-order valence-electron chi connectivity index (χ4n) is 0.970. The van der Waals surface area contributed by atoms with Crippen molar-refractivity contribution in [2.75, 3.05) is 6.54 Å². The maximum atomic E-state index is 12.8. The van der Waals surface area contributed by atoms with Crippen molar-refractivity contribution in [2.45, 2.75) is 27.2 Å². The van der Waals surface area contributed by atoms with Crippen molar-refractivity contribution in [3.8, 4) is 0 Å². The van der Waals surface area contributed by atoms with Crippen LogP contribution in [0.2, 0.25) is 0 Å². The van der Waals surface area contributed by atoms with Crippen molar-refractivity contribution in [1.82, 2.24) is 10.3 Å². The molecule has 1 unspecified atom stereocenters. The number of halogens is 1. The molecule has 0 saturated heterocycles. The average Bonchev–Trinajstić information content (AvgIpc) is 2.12. The highest BCUT2D eigenvalue weighted by molar-refractivity contribution is 5.56. The second-order valence-electron chi connectivity index (χ2n) is 3.94. The van der Waals surface area contributed by atoms with E-state index in [9.17, 15) is 4.39 Å². The van der Waals surface area contributed by atoms with E-state index in [-0.39, 0.29) is 5.41 Å². The van der Waals surface area contributed by atoms with Crippen LogP contribution in [-0.2, 0) is 0 Å². The molecule has 0 saturated carbocycles. The Hall–Kier alpha value is -0.800. The number of hydrogen-bond donors (Lipinski definition) is 1. The molecule has 64 valence electrons. The van der Waals surface area contributed by atoms with E-state index in [1.54, 1.807) is 4.90 Å². The molecule has 1 atom stereocenters. The van der Waals surface area contributed by atoms with Crippen molar-refractivity contribution in [2.24, 2.45) is 10.5 Å². The summed E-state index contributed by atoms with van der Waals surface area (Å²) in [6, 6.07) is 0. The molecule has 0 bridgehead atoms. The van der Waals surface area contributed by atoms with Crippen LogP contribution in [0.5, 0.6) is 0 Å². The Morgan fingerprint density at radius 3 is 2.64 bits per heavy atom. The van der Waals surface area contributed by atoms with Crippen LogP contribution in [-0.4, -0.2) is 24.2 Å². The second kappa shape index (κ2) is 2.68. The van der Waals surface area contributed by atoms with Gasteiger partial charge in [0.05, 0.1) is 0 Å². The Balaban J connectivity index is 2.43. The van der Waals surface area contributed by atoms with Crippen LogP contribution in [0.1, 0.15) is 20.8 Å². The van der Waals surface area contributed by atoms with Crippen LogP contribution >= 0.6 is 0 Å². The Morgan fingerprint density at radius 2 is 2.27 bits per heavy atom. The number of alkyl halides is 1. The molecular weight excluding hydrogens is 145 g/mol. The lowest BCUT2D eigenvalue weighted by Crippen LogP contribution is -2.38. The second-order valence-corrected chi connectivity index (χ2v) is 3.94. The lowest BCUT2D eigenvalue weighted by molar-refractivity contribution is 0.112. The van der Waals surface area contributed by atoms with Gasteiger partial charge in [0.15, 0.2) is 0 Å². The van der Waals surface area contributed by atoms with Gasteiger partial charge >= 0.3 is 0 Å². The van der Waals surface area contributed by atoms with Crippen LogP contribution in [0.3, 0.4) is 0 Å². The van der Waals surface area contributed by atoms with Crippen LogP contribution in [0, 0.1) is 5.41 Å². The average molecular weight is 159 g/mol. The minimum absolute atomic E-state index is 0.0996. The zero-order valence-electron chi connectivity index (χ0n) is 7.13. The summed E-state index contributed by atoms with van der Waals surface area (Å²) in [5.74, 6) is 0. The first-order chi connectivity index (χ1) is 4.99. The predicted octanol–water partition coefficient (Wildman–Crippen LogP) is 1.13. The Morgan fingerprint density at radius 1 is 1.64 bits per heavy atom. The van der Waals surface area contributed by atoms with Gasteiger partial charge in [-0.3, -0.25) is 5.43 Å². The van der Waals surface area contributed by atoms with Crippen molar-refractivity contribution in [3.05, 3.63) is 0 Å². The highest BCUT2D eigenvalue weighted by Crippen LogP contribution is 2.16. The first-order valence-electron chi connectivity index (χ1n) is 3.67. The van der Waals surface area contributed by atoms with Crippen molar-refractivity contribution >= 4 is 6.34 Å². The first-order valence-corrected chi connectivity index (χ1v) is 3.67. The quantitative estimate of drug-likeness (QED) is 0.581. The van der Waals surface area contributed by atoms with E-state index < -0.39 is 6.42 Å². The van der Waals surface area contributed by atoms with Crippen molar-refractivity contribution in [1.29, 1.82) is 0 Å². The summed E-state index contributed by atoms with van der Waals surface area (Å²) in [5.41, 5.74) is 2.42. The van der Waals surface area contributed by atoms with E-state index in [0.717, 1.165) is 0 Å². The normalized spacial score (nSPS) is 24.0. The van der Waals surface area contributed by atoms with E-state index >= 15 is 0 Å². The van der Waals surface area contributed by atoms with Gasteiger partial charge in [-0.1, -0.05) is 20.8 Å². The highest BCUT2D eigenvalue weighted by Gasteiger charge is 2.23. The van der Waals surface area contributed by atoms with Gasteiger partial charge in [0, 0.05) is 6.54 Å². The molecule has 0 aromatic carbocycles. The fraction of sp³-hybridized carbons (Fsp3) is 0.857. The molecule has 0 aliphatic carbocycles. The van der Waals surface area contributed by atoms with Crippen LogP contribution in [0.4, 0.5) is 4.39 Å². The predicted molar refractivity (Wildman–Crippen MR) is 42.7 cm³/mol. The smallest absolute Gasteiger partial charge is 0.262 e. The van der Waals surface area contributed by atoms with Gasteiger partial charge in [-0.2, -0.15) is 9.49 Å². The zero-order valence-corrected chi connectivity index (χ0v) is 7.13. The third-order valence-corrected chi connectivity index (χ3v) is 1.34. The van der Waals surface area contributed by atoms with Gasteiger partial charge in [-0.05, 0) is 5.41 Å². The fourth-order valence-corrected chi connectivity index (χ4v) is 0.970. The molecule has 0 radical (unpaired) electrons. The topological polar surface area (TPSA) is 27.6 Å². The van der Waals surface area contributed by atoms with E-state index in [0.29, 0.717) is 6.54 Å². The summed E-state index contributed by atoms with van der Waals surface area (Å²) in [4.78, 5) is 1.54. The summed E-state index contributed by atoms with van der Waals surface area (Å²) in [5, 5.41) is 3.61. The van der Waals surface area contributed by atoms with E-state index in [1.807, 2.05) is 0 Å². The Kier molecular flexibility index (Phi) is 2.02. The first kappa shape index (κ1) is 8.30. The number of nitrogens with one attached hydrogen (secondary N) is 1. The molecule has 0 aromatic heterocycles. The molecule has 1 aliphatic rings. The lowest BCUT2D eigenvalue weighted by atomic mass is 9.96. The van der Waals surface area contributed by atoms with Crippen LogP contribution < -0.4 is 5.43 Å². The van der Waals surface area contributed by atoms with Crippen molar-refractivity contribution in [3.63, 3.8) is 0 Å². The Labute approximate surface area is 66.3 Å². The third kappa shape index (κ3) is 2.37. The maximum absolute atomic E-state index is 12.8. The monoisotopic (exact) mass is 159 g/mol. The van der Waals surface area contributed by atoms with Gasteiger partial charge in [-0.25, -0.2) is 0 Å². The summed E-state index contributed by atoms with van der Waals surface area (Å²) in [6.07, 6.45) is 0.352. The molecule has 1 N–H and O–H groups in total. The molecule has 1 rings (SSSR count). The molecule has 0 fully saturated rings. The van der Waals surface area contributed by atoms with E-state index in [2.05, 4.69) is 31.3 Å². The SMILES string of the molecule is CC(C)(C)CN1C=NNC1F. The number of rotatable bonds is 1. The summed E-state index contributed by atoms with van der Waals surface area (Å²) < 4.78 is 12.8. The zero-order chi connectivity index (χ0) is 8.48. The van der Waals surface area contributed by atoms with Gasteiger partial charge in [0.25, 0.3) is 6.42 Å². The van der Waals surface area contributed by atoms with Gasteiger partial charge < -0.3 is 4.90 Å². The Bertz CT molecular complexity index is 162. The maximum Gasteiger partial charge on any atom is 0.262 e. The molecule has 0 aromatic rings. The number of nitrogens with zero attached hydrogens (tertiary/aromatic N) is 2. The molecule has 4 heteroatoms. The molecular formula is C7H14FN3. The van der Waals surface area contributed by atoms with Gasteiger partial charge in [0.2, 0.25) is 0 Å². The molecule has 1 heterocycles. The minimum atomic E-state index is -1.14. The standard InChI is InChI=1S/C7H14FN3/c1-7(2,3)4-11-5-9-10-6(11)8/h5-6,10H,4H2,1-3H3. The lowest BCUT2D eigenvalue weighted by Gasteiger charge is -2.26. The molecule has 3 nitrogen and oxygen atoms in total. The summed E-state index contributed by atoms with van der Waals surface area (Å²) >= 11 is 0. The molecule has 1 aliphatic heterocycles.